The third kappa shape index (κ3) is 6.41. The highest BCUT2D eigenvalue weighted by Gasteiger charge is 2.23. The summed E-state index contributed by atoms with van der Waals surface area (Å²) >= 11 is 11.7. The zero-order valence-corrected chi connectivity index (χ0v) is 16.2. The first kappa shape index (κ1) is 21.0. The lowest BCUT2D eigenvalue weighted by Gasteiger charge is -2.18. The first-order valence-corrected chi connectivity index (χ1v) is 8.94. The molecule has 0 saturated carbocycles. The van der Waals surface area contributed by atoms with Gasteiger partial charge >= 0.3 is 5.97 Å². The van der Waals surface area contributed by atoms with Gasteiger partial charge in [0, 0.05) is 25.7 Å². The SMILES string of the molecule is CN(CC(=O)Nc1ccc(Cl)c(Cl)c1)C(=O)COC(=O)CN1CCCC1=O. The Bertz CT molecular complexity index is 756. The number of hydrogen-bond acceptors (Lipinski definition) is 5. The molecule has 3 amide bonds. The Morgan fingerprint density at radius 3 is 2.63 bits per heavy atom. The van der Waals surface area contributed by atoms with Crippen molar-refractivity contribution in [2.24, 2.45) is 0 Å². The maximum absolute atomic E-state index is 12.0. The van der Waals surface area contributed by atoms with Gasteiger partial charge in [0.2, 0.25) is 11.8 Å². The van der Waals surface area contributed by atoms with Crippen LogP contribution in [0, 0.1) is 0 Å². The molecule has 1 aliphatic heterocycles. The van der Waals surface area contributed by atoms with E-state index in [1.807, 2.05) is 0 Å². The summed E-state index contributed by atoms with van der Waals surface area (Å²) in [4.78, 5) is 49.7. The van der Waals surface area contributed by atoms with Crippen molar-refractivity contribution in [1.82, 2.24) is 9.80 Å². The van der Waals surface area contributed by atoms with Crippen LogP contribution in [0.3, 0.4) is 0 Å². The molecule has 0 unspecified atom stereocenters. The number of benzene rings is 1. The van der Waals surface area contributed by atoms with Gasteiger partial charge in [0.15, 0.2) is 6.61 Å². The standard InChI is InChI=1S/C17H19Cl2N3O5/c1-21(8-14(23)20-11-4-5-12(18)13(19)7-11)16(25)10-27-17(26)9-22-6-2-3-15(22)24/h4-5,7H,2-3,6,8-10H2,1H3,(H,20,23). The molecule has 1 N–H and O–H groups in total. The lowest BCUT2D eigenvalue weighted by molar-refractivity contribution is -0.154. The molecular weight excluding hydrogens is 397 g/mol. The fraction of sp³-hybridized carbons (Fsp3) is 0.412. The summed E-state index contributed by atoms with van der Waals surface area (Å²) in [6, 6.07) is 4.61. The fourth-order valence-electron chi connectivity index (χ4n) is 2.40. The van der Waals surface area contributed by atoms with Crippen LogP contribution in [0.1, 0.15) is 12.8 Å². The molecule has 1 aromatic carbocycles. The van der Waals surface area contributed by atoms with E-state index in [-0.39, 0.29) is 19.0 Å². The monoisotopic (exact) mass is 415 g/mol. The Balaban J connectivity index is 1.73. The second-order valence-corrected chi connectivity index (χ2v) is 6.82. The number of hydrogen-bond donors (Lipinski definition) is 1. The third-order valence-corrected chi connectivity index (χ3v) is 4.60. The normalized spacial score (nSPS) is 13.4. The number of rotatable bonds is 7. The average molecular weight is 416 g/mol. The van der Waals surface area contributed by atoms with Gasteiger partial charge < -0.3 is 19.9 Å². The van der Waals surface area contributed by atoms with E-state index < -0.39 is 24.4 Å². The topological polar surface area (TPSA) is 96.0 Å². The first-order chi connectivity index (χ1) is 12.8. The quantitative estimate of drug-likeness (QED) is 0.681. The summed E-state index contributed by atoms with van der Waals surface area (Å²) in [7, 11) is 1.41. The van der Waals surface area contributed by atoms with Crippen LogP contribution in [0.5, 0.6) is 0 Å². The van der Waals surface area contributed by atoms with Crippen molar-refractivity contribution in [2.45, 2.75) is 12.8 Å². The number of carbonyl (C=O) groups is 4. The second kappa shape index (κ2) is 9.57. The van der Waals surface area contributed by atoms with E-state index in [1.54, 1.807) is 12.1 Å². The van der Waals surface area contributed by atoms with E-state index in [0.717, 1.165) is 4.90 Å². The van der Waals surface area contributed by atoms with E-state index in [9.17, 15) is 19.2 Å². The number of ether oxygens (including phenoxy) is 1. The Labute approximate surface area is 166 Å². The Kier molecular flexibility index (Phi) is 7.44. The predicted molar refractivity (Wildman–Crippen MR) is 99.5 cm³/mol. The number of nitrogens with zero attached hydrogens (tertiary/aromatic N) is 2. The van der Waals surface area contributed by atoms with Gasteiger partial charge in [0.25, 0.3) is 5.91 Å². The maximum Gasteiger partial charge on any atom is 0.326 e. The number of nitrogens with one attached hydrogen (secondary N) is 1. The number of esters is 1. The Hall–Kier alpha value is -2.32. The molecular formula is C17H19Cl2N3O5. The van der Waals surface area contributed by atoms with Crippen molar-refractivity contribution >= 4 is 52.6 Å². The lowest BCUT2D eigenvalue weighted by atomic mass is 10.3. The number of likely N-dealkylation sites (N-methyl/N-ethyl adjacent to an activating group) is 1. The largest absolute Gasteiger partial charge is 0.454 e. The van der Waals surface area contributed by atoms with Crippen LogP contribution in [0.15, 0.2) is 18.2 Å². The summed E-state index contributed by atoms with van der Waals surface area (Å²) in [5, 5.41) is 3.24. The molecule has 1 heterocycles. The molecule has 1 aliphatic rings. The van der Waals surface area contributed by atoms with Crippen molar-refractivity contribution in [2.75, 3.05) is 38.6 Å². The van der Waals surface area contributed by atoms with Gasteiger partial charge in [0.05, 0.1) is 16.6 Å². The molecule has 2 rings (SSSR count). The first-order valence-electron chi connectivity index (χ1n) is 8.18. The van der Waals surface area contributed by atoms with Crippen LogP contribution in [-0.2, 0) is 23.9 Å². The number of anilines is 1. The van der Waals surface area contributed by atoms with E-state index in [2.05, 4.69) is 5.32 Å². The Morgan fingerprint density at radius 1 is 1.26 bits per heavy atom. The molecule has 0 spiro atoms. The van der Waals surface area contributed by atoms with Crippen LogP contribution in [-0.4, -0.2) is 66.8 Å². The van der Waals surface area contributed by atoms with E-state index in [1.165, 1.54) is 18.0 Å². The number of amides is 3. The zero-order valence-electron chi connectivity index (χ0n) is 14.7. The van der Waals surface area contributed by atoms with Gasteiger partial charge in [-0.15, -0.1) is 0 Å². The van der Waals surface area contributed by atoms with Gasteiger partial charge in [-0.25, -0.2) is 0 Å². The van der Waals surface area contributed by atoms with Crippen molar-refractivity contribution in [3.63, 3.8) is 0 Å². The van der Waals surface area contributed by atoms with Crippen LogP contribution in [0.4, 0.5) is 5.69 Å². The zero-order chi connectivity index (χ0) is 20.0. The summed E-state index contributed by atoms with van der Waals surface area (Å²) in [5.41, 5.74) is 0.442. The minimum absolute atomic E-state index is 0.102. The lowest BCUT2D eigenvalue weighted by Crippen LogP contribution is -2.38. The minimum Gasteiger partial charge on any atom is -0.454 e. The highest BCUT2D eigenvalue weighted by molar-refractivity contribution is 6.42. The number of likely N-dealkylation sites (tertiary alicyclic amines) is 1. The molecule has 0 aromatic heterocycles. The molecule has 1 fully saturated rings. The second-order valence-electron chi connectivity index (χ2n) is 6.01. The molecule has 27 heavy (non-hydrogen) atoms. The van der Waals surface area contributed by atoms with Crippen molar-refractivity contribution in [1.29, 1.82) is 0 Å². The van der Waals surface area contributed by atoms with Crippen LogP contribution < -0.4 is 5.32 Å². The highest BCUT2D eigenvalue weighted by atomic mass is 35.5. The van der Waals surface area contributed by atoms with Crippen LogP contribution in [0.25, 0.3) is 0 Å². The summed E-state index contributed by atoms with van der Waals surface area (Å²) < 4.78 is 4.88. The maximum atomic E-state index is 12.0. The molecule has 0 aliphatic carbocycles. The smallest absolute Gasteiger partial charge is 0.326 e. The van der Waals surface area contributed by atoms with Gasteiger partial charge in [-0.1, -0.05) is 23.2 Å². The molecule has 8 nitrogen and oxygen atoms in total. The molecule has 10 heteroatoms. The molecule has 1 saturated heterocycles. The van der Waals surface area contributed by atoms with Gasteiger partial charge in [-0.3, -0.25) is 19.2 Å². The third-order valence-electron chi connectivity index (χ3n) is 3.86. The van der Waals surface area contributed by atoms with Gasteiger partial charge in [0.1, 0.15) is 6.54 Å². The molecule has 1 aromatic rings. The van der Waals surface area contributed by atoms with Crippen molar-refractivity contribution in [3.05, 3.63) is 28.2 Å². The van der Waals surface area contributed by atoms with Crippen molar-refractivity contribution < 1.29 is 23.9 Å². The van der Waals surface area contributed by atoms with E-state index in [4.69, 9.17) is 27.9 Å². The molecule has 0 radical (unpaired) electrons. The summed E-state index contributed by atoms with van der Waals surface area (Å²) in [6.45, 7) is -0.400. The summed E-state index contributed by atoms with van der Waals surface area (Å²) in [5.74, 6) is -1.75. The molecule has 0 atom stereocenters. The fourth-order valence-corrected chi connectivity index (χ4v) is 2.70. The predicted octanol–water partition coefficient (Wildman–Crippen LogP) is 1.56. The van der Waals surface area contributed by atoms with Gasteiger partial charge in [-0.2, -0.15) is 0 Å². The Morgan fingerprint density at radius 2 is 2.00 bits per heavy atom. The van der Waals surface area contributed by atoms with E-state index >= 15 is 0 Å². The summed E-state index contributed by atoms with van der Waals surface area (Å²) in [6.07, 6.45) is 1.13. The van der Waals surface area contributed by atoms with Crippen LogP contribution >= 0.6 is 23.2 Å². The molecule has 0 bridgehead atoms. The number of carbonyl (C=O) groups excluding carboxylic acids is 4. The van der Waals surface area contributed by atoms with E-state index in [0.29, 0.717) is 35.1 Å². The highest BCUT2D eigenvalue weighted by Crippen LogP contribution is 2.24. The van der Waals surface area contributed by atoms with Crippen molar-refractivity contribution in [3.8, 4) is 0 Å². The number of halogens is 2. The minimum atomic E-state index is -0.660. The van der Waals surface area contributed by atoms with Gasteiger partial charge in [-0.05, 0) is 24.6 Å². The van der Waals surface area contributed by atoms with Crippen LogP contribution in [0.2, 0.25) is 10.0 Å². The molecule has 146 valence electrons. The average Bonchev–Trinajstić information content (AvgIpc) is 3.00.